The van der Waals surface area contributed by atoms with Gasteiger partial charge in [0.05, 0.1) is 30.9 Å². The fourth-order valence-corrected chi connectivity index (χ4v) is 2.21. The topological polar surface area (TPSA) is 58.9 Å². The lowest BCUT2D eigenvalue weighted by molar-refractivity contribution is 0.0264. The van der Waals surface area contributed by atoms with E-state index in [1.807, 2.05) is 6.07 Å². The zero-order valence-corrected chi connectivity index (χ0v) is 12.4. The number of ether oxygens (including phenoxy) is 2. The lowest BCUT2D eigenvalue weighted by atomic mass is 10.0. The lowest BCUT2D eigenvalue weighted by Crippen LogP contribution is -2.22. The Labute approximate surface area is 116 Å². The van der Waals surface area contributed by atoms with E-state index in [1.54, 1.807) is 27.2 Å². The van der Waals surface area contributed by atoms with Crippen molar-refractivity contribution in [1.82, 2.24) is 0 Å². The Kier molecular flexibility index (Phi) is 5.91. The fourth-order valence-electron chi connectivity index (χ4n) is 1.66. The summed E-state index contributed by atoms with van der Waals surface area (Å²) in [6.07, 6.45) is -0.349. The highest BCUT2D eigenvalue weighted by atomic mass is 79.9. The zero-order chi connectivity index (χ0) is 13.7. The number of aryl methyl sites for hydroxylation is 1. The zero-order valence-electron chi connectivity index (χ0n) is 10.8. The first-order valence-electron chi connectivity index (χ1n) is 5.76. The monoisotopic (exact) mass is 318 g/mol. The number of methoxy groups -OCH3 is 2. The molecule has 0 aliphatic heterocycles. The minimum Gasteiger partial charge on any atom is -0.496 e. The fraction of sp³-hybridized carbons (Fsp3) is 0.538. The largest absolute Gasteiger partial charge is 0.496 e. The summed E-state index contributed by atoms with van der Waals surface area (Å²) in [6.45, 7) is 1.58. The number of aliphatic hydroxyl groups excluding tert-OH is 2. The van der Waals surface area contributed by atoms with Crippen molar-refractivity contribution in [2.45, 2.75) is 32.0 Å². The summed E-state index contributed by atoms with van der Waals surface area (Å²) in [7, 11) is 3.19. The Morgan fingerprint density at radius 3 is 2.28 bits per heavy atom. The average Bonchev–Trinajstić information content (AvgIpc) is 2.35. The molecule has 0 saturated heterocycles. The van der Waals surface area contributed by atoms with Crippen LogP contribution in [0.2, 0.25) is 0 Å². The van der Waals surface area contributed by atoms with E-state index in [-0.39, 0.29) is 0 Å². The molecule has 2 atom stereocenters. The van der Waals surface area contributed by atoms with Crippen molar-refractivity contribution in [1.29, 1.82) is 0 Å². The van der Waals surface area contributed by atoms with Crippen LogP contribution in [0.5, 0.6) is 11.5 Å². The molecule has 2 unspecified atom stereocenters. The molecule has 0 bridgehead atoms. The molecule has 0 aliphatic rings. The highest BCUT2D eigenvalue weighted by molar-refractivity contribution is 9.10. The van der Waals surface area contributed by atoms with Crippen molar-refractivity contribution in [3.63, 3.8) is 0 Å². The average molecular weight is 319 g/mol. The molecule has 0 fully saturated rings. The first-order chi connectivity index (χ1) is 8.49. The van der Waals surface area contributed by atoms with E-state index >= 15 is 0 Å². The summed E-state index contributed by atoms with van der Waals surface area (Å²) < 4.78 is 11.3. The lowest BCUT2D eigenvalue weighted by Gasteiger charge is -2.16. The van der Waals surface area contributed by atoms with Gasteiger partial charge >= 0.3 is 0 Å². The molecule has 0 saturated carbocycles. The quantitative estimate of drug-likeness (QED) is 0.843. The summed E-state index contributed by atoms with van der Waals surface area (Å²) in [5.74, 6) is 1.42. The molecule has 0 heterocycles. The van der Waals surface area contributed by atoms with Crippen molar-refractivity contribution in [3.8, 4) is 11.5 Å². The first-order valence-corrected chi connectivity index (χ1v) is 6.55. The van der Waals surface area contributed by atoms with Gasteiger partial charge in [0.15, 0.2) is 0 Å². The molecule has 2 N–H and O–H groups in total. The predicted molar refractivity (Wildman–Crippen MR) is 73.3 cm³/mol. The number of rotatable bonds is 6. The highest BCUT2D eigenvalue weighted by Crippen LogP contribution is 2.33. The van der Waals surface area contributed by atoms with Gasteiger partial charge in [0.2, 0.25) is 0 Å². The molecular formula is C13H19BrO4. The smallest absolute Gasteiger partial charge is 0.136 e. The Morgan fingerprint density at radius 1 is 1.17 bits per heavy atom. The van der Waals surface area contributed by atoms with Gasteiger partial charge in [-0.1, -0.05) is 0 Å². The van der Waals surface area contributed by atoms with E-state index in [1.165, 1.54) is 0 Å². The van der Waals surface area contributed by atoms with E-state index in [4.69, 9.17) is 9.47 Å². The Bertz CT molecular complexity index is 393. The maximum absolute atomic E-state index is 9.59. The van der Waals surface area contributed by atoms with E-state index < -0.39 is 12.2 Å². The number of hydrogen-bond donors (Lipinski definition) is 2. The molecule has 1 aromatic rings. The molecule has 18 heavy (non-hydrogen) atoms. The highest BCUT2D eigenvalue weighted by Gasteiger charge is 2.14. The van der Waals surface area contributed by atoms with Gasteiger partial charge in [-0.2, -0.15) is 0 Å². The van der Waals surface area contributed by atoms with Crippen LogP contribution in [0, 0.1) is 0 Å². The maximum atomic E-state index is 9.59. The third-order valence-electron chi connectivity index (χ3n) is 2.82. The van der Waals surface area contributed by atoms with Crippen LogP contribution < -0.4 is 9.47 Å². The number of aliphatic hydroxyl groups is 2. The molecule has 0 aromatic heterocycles. The van der Waals surface area contributed by atoms with Crippen LogP contribution in [0.25, 0.3) is 0 Å². The van der Waals surface area contributed by atoms with Crippen molar-refractivity contribution >= 4 is 15.9 Å². The third-order valence-corrected chi connectivity index (χ3v) is 3.44. The van der Waals surface area contributed by atoms with Crippen LogP contribution in [-0.4, -0.2) is 36.6 Å². The summed E-state index contributed by atoms with van der Waals surface area (Å²) in [4.78, 5) is 0. The minimum absolute atomic E-state index is 0.479. The molecule has 0 spiro atoms. The molecule has 1 rings (SSSR count). The predicted octanol–water partition coefficient (Wildman–Crippen LogP) is 2.14. The number of halogens is 1. The van der Waals surface area contributed by atoms with Crippen LogP contribution in [-0.2, 0) is 6.42 Å². The van der Waals surface area contributed by atoms with Gasteiger partial charge in [-0.25, -0.2) is 0 Å². The Morgan fingerprint density at radius 2 is 1.78 bits per heavy atom. The van der Waals surface area contributed by atoms with E-state index in [0.29, 0.717) is 24.3 Å². The van der Waals surface area contributed by atoms with Gasteiger partial charge in [-0.05, 0) is 47.3 Å². The van der Waals surface area contributed by atoms with Gasteiger partial charge in [0, 0.05) is 6.07 Å². The van der Waals surface area contributed by atoms with Crippen LogP contribution in [0.4, 0.5) is 0 Å². The van der Waals surface area contributed by atoms with Gasteiger partial charge in [0.1, 0.15) is 11.5 Å². The molecule has 5 heteroatoms. The Balaban J connectivity index is 2.85. The maximum Gasteiger partial charge on any atom is 0.136 e. The summed E-state index contributed by atoms with van der Waals surface area (Å²) in [6, 6.07) is 3.71. The standard InChI is InChI=1S/C13H19BrO4/c1-8(15)11(16)5-4-9-6-10(14)13(18-3)7-12(9)17-2/h6-8,11,15-16H,4-5H2,1-3H3. The molecule has 0 radical (unpaired) electrons. The molecule has 0 amide bonds. The molecule has 4 nitrogen and oxygen atoms in total. The van der Waals surface area contributed by atoms with Crippen LogP contribution in [0.1, 0.15) is 18.9 Å². The van der Waals surface area contributed by atoms with Gasteiger partial charge in [-0.3, -0.25) is 0 Å². The molecule has 0 aliphatic carbocycles. The van der Waals surface area contributed by atoms with Gasteiger partial charge in [-0.15, -0.1) is 0 Å². The van der Waals surface area contributed by atoms with Gasteiger partial charge < -0.3 is 19.7 Å². The number of benzene rings is 1. The van der Waals surface area contributed by atoms with Crippen molar-refractivity contribution in [2.75, 3.05) is 14.2 Å². The van der Waals surface area contributed by atoms with Crippen LogP contribution >= 0.6 is 15.9 Å². The molecular weight excluding hydrogens is 300 g/mol. The Hall–Kier alpha value is -0.780. The van der Waals surface area contributed by atoms with Crippen molar-refractivity contribution < 1.29 is 19.7 Å². The van der Waals surface area contributed by atoms with E-state index in [2.05, 4.69) is 15.9 Å². The third kappa shape index (κ3) is 3.86. The second-order valence-electron chi connectivity index (χ2n) is 4.15. The van der Waals surface area contributed by atoms with E-state index in [9.17, 15) is 10.2 Å². The SMILES string of the molecule is COc1cc(OC)c(CCC(O)C(C)O)cc1Br. The molecule has 102 valence electrons. The van der Waals surface area contributed by atoms with Crippen molar-refractivity contribution in [3.05, 3.63) is 22.2 Å². The second kappa shape index (κ2) is 6.97. The minimum atomic E-state index is -0.726. The van der Waals surface area contributed by atoms with E-state index in [0.717, 1.165) is 10.0 Å². The van der Waals surface area contributed by atoms with Crippen LogP contribution in [0.15, 0.2) is 16.6 Å². The summed E-state index contributed by atoms with van der Waals surface area (Å²) in [5, 5.41) is 18.8. The first kappa shape index (κ1) is 15.3. The second-order valence-corrected chi connectivity index (χ2v) is 5.00. The number of hydrogen-bond acceptors (Lipinski definition) is 4. The van der Waals surface area contributed by atoms with Crippen LogP contribution in [0.3, 0.4) is 0 Å². The van der Waals surface area contributed by atoms with Gasteiger partial charge in [0.25, 0.3) is 0 Å². The van der Waals surface area contributed by atoms with Crippen molar-refractivity contribution in [2.24, 2.45) is 0 Å². The summed E-state index contributed by atoms with van der Waals surface area (Å²) >= 11 is 3.41. The normalized spacial score (nSPS) is 14.1. The molecule has 1 aromatic carbocycles. The summed E-state index contributed by atoms with van der Waals surface area (Å²) in [5.41, 5.74) is 0.963.